The summed E-state index contributed by atoms with van der Waals surface area (Å²) in [5.41, 5.74) is 0. The minimum atomic E-state index is -0.286. The lowest BCUT2D eigenvalue weighted by Gasteiger charge is -1.97. The predicted octanol–water partition coefficient (Wildman–Crippen LogP) is 0.555. The maximum atomic E-state index is 8.24. The largest absolute Gasteiger partial charge is 0.447 e. The van der Waals surface area contributed by atoms with Crippen molar-refractivity contribution in [2.45, 2.75) is 26.2 Å². The topological polar surface area (TPSA) is 51.0 Å². The highest BCUT2D eigenvalue weighted by Crippen LogP contribution is 2.12. The molecule has 0 radical (unpaired) electrons. The Balaban J connectivity index is 2.58. The van der Waals surface area contributed by atoms with Crippen molar-refractivity contribution >= 4 is 5.90 Å². The molecule has 0 spiro atoms. The molecule has 0 bridgehead atoms. The van der Waals surface area contributed by atoms with E-state index in [2.05, 4.69) is 5.16 Å². The van der Waals surface area contributed by atoms with Crippen LogP contribution in [-0.4, -0.2) is 23.5 Å². The molecule has 2 unspecified atom stereocenters. The minimum absolute atomic E-state index is 0.218. The summed E-state index contributed by atoms with van der Waals surface area (Å²) < 4.78 is 9.95. The summed E-state index contributed by atoms with van der Waals surface area (Å²) in [6.45, 7) is 3.51. The van der Waals surface area contributed by atoms with Crippen molar-refractivity contribution < 1.29 is 14.7 Å². The second kappa shape index (κ2) is 2.23. The Labute approximate surface area is 53.1 Å². The zero-order chi connectivity index (χ0) is 6.85. The van der Waals surface area contributed by atoms with Gasteiger partial charge in [0.05, 0.1) is 0 Å². The third-order valence-corrected chi connectivity index (χ3v) is 1.13. The quantitative estimate of drug-likeness (QED) is 0.386. The first kappa shape index (κ1) is 6.35. The maximum absolute atomic E-state index is 8.24. The minimum Gasteiger partial charge on any atom is -0.447 e. The van der Waals surface area contributed by atoms with Gasteiger partial charge in [0.1, 0.15) is 6.10 Å². The molecule has 0 aromatic rings. The molecule has 9 heavy (non-hydrogen) atoms. The van der Waals surface area contributed by atoms with Gasteiger partial charge in [-0.2, -0.15) is 0 Å². The van der Waals surface area contributed by atoms with Gasteiger partial charge in [-0.05, 0) is 13.8 Å². The Morgan fingerprint density at radius 1 is 1.56 bits per heavy atom. The smallest absolute Gasteiger partial charge is 0.257 e. The van der Waals surface area contributed by atoms with Crippen LogP contribution in [0.15, 0.2) is 5.16 Å². The molecule has 1 heterocycles. The van der Waals surface area contributed by atoms with Crippen LogP contribution in [-0.2, 0) is 9.47 Å². The van der Waals surface area contributed by atoms with Crippen molar-refractivity contribution in [3.63, 3.8) is 0 Å². The van der Waals surface area contributed by atoms with E-state index in [0.717, 1.165) is 0 Å². The third kappa shape index (κ3) is 1.13. The molecule has 1 N–H and O–H groups in total. The normalized spacial score (nSPS) is 39.1. The first-order valence-electron chi connectivity index (χ1n) is 2.78. The molecule has 0 saturated carbocycles. The number of nitrogens with zero attached hydrogens (tertiary/aromatic N) is 1. The lowest BCUT2D eigenvalue weighted by molar-refractivity contribution is -0.0293. The van der Waals surface area contributed by atoms with Crippen molar-refractivity contribution in [2.24, 2.45) is 5.16 Å². The zero-order valence-corrected chi connectivity index (χ0v) is 5.37. The number of rotatable bonds is 0. The molecule has 0 aromatic heterocycles. The molecule has 0 aliphatic carbocycles. The Morgan fingerprint density at radius 2 is 2.22 bits per heavy atom. The van der Waals surface area contributed by atoms with E-state index in [-0.39, 0.29) is 18.3 Å². The lowest BCUT2D eigenvalue weighted by atomic mass is 10.4. The molecule has 0 aromatic carbocycles. The molecule has 1 aliphatic heterocycles. The fourth-order valence-electron chi connectivity index (χ4n) is 0.744. The summed E-state index contributed by atoms with van der Waals surface area (Å²) in [5.74, 6) is 0.252. The van der Waals surface area contributed by atoms with Crippen molar-refractivity contribution in [2.75, 3.05) is 0 Å². The summed E-state index contributed by atoms with van der Waals surface area (Å²) in [5, 5.41) is 11.1. The van der Waals surface area contributed by atoms with Crippen LogP contribution < -0.4 is 0 Å². The molecule has 1 rings (SSSR count). The lowest BCUT2D eigenvalue weighted by Crippen LogP contribution is -2.10. The molecule has 4 nitrogen and oxygen atoms in total. The van der Waals surface area contributed by atoms with Crippen molar-refractivity contribution in [3.05, 3.63) is 0 Å². The summed E-state index contributed by atoms with van der Waals surface area (Å²) >= 11 is 0. The van der Waals surface area contributed by atoms with E-state index in [0.29, 0.717) is 0 Å². The summed E-state index contributed by atoms with van der Waals surface area (Å²) in [6, 6.07) is 0. The molecule has 2 atom stereocenters. The highest BCUT2D eigenvalue weighted by molar-refractivity contribution is 5.81. The zero-order valence-electron chi connectivity index (χ0n) is 5.37. The monoisotopic (exact) mass is 131 g/mol. The molecule has 1 aliphatic rings. The number of ether oxygens (including phenoxy) is 2. The van der Waals surface area contributed by atoms with Crippen LogP contribution >= 0.6 is 0 Å². The van der Waals surface area contributed by atoms with Gasteiger partial charge in [0.2, 0.25) is 0 Å². The van der Waals surface area contributed by atoms with E-state index in [4.69, 9.17) is 14.7 Å². The van der Waals surface area contributed by atoms with E-state index in [1.54, 1.807) is 13.8 Å². The van der Waals surface area contributed by atoms with Crippen molar-refractivity contribution in [3.8, 4) is 0 Å². The first-order chi connectivity index (χ1) is 4.24. The van der Waals surface area contributed by atoms with Crippen molar-refractivity contribution in [1.29, 1.82) is 0 Å². The van der Waals surface area contributed by atoms with Gasteiger partial charge in [-0.15, -0.1) is 0 Å². The average Bonchev–Trinajstić information content (AvgIpc) is 2.10. The molecular formula is C5H9NO3. The Hall–Kier alpha value is -0.770. The summed E-state index contributed by atoms with van der Waals surface area (Å²) in [7, 11) is 0. The summed E-state index contributed by atoms with van der Waals surface area (Å²) in [6.07, 6.45) is -0.504. The molecule has 1 fully saturated rings. The Morgan fingerprint density at radius 3 is 2.44 bits per heavy atom. The number of hydrogen-bond acceptors (Lipinski definition) is 4. The molecule has 52 valence electrons. The van der Waals surface area contributed by atoms with Gasteiger partial charge in [0, 0.05) is 0 Å². The van der Waals surface area contributed by atoms with Gasteiger partial charge in [-0.3, -0.25) is 0 Å². The molecular weight excluding hydrogens is 122 g/mol. The summed E-state index contributed by atoms with van der Waals surface area (Å²) in [4.78, 5) is 0. The van der Waals surface area contributed by atoms with Crippen LogP contribution in [0.25, 0.3) is 0 Å². The fraction of sp³-hybridized carbons (Fsp3) is 0.800. The van der Waals surface area contributed by atoms with Crippen LogP contribution in [0.3, 0.4) is 0 Å². The van der Waals surface area contributed by atoms with E-state index < -0.39 is 0 Å². The fourth-order valence-corrected chi connectivity index (χ4v) is 0.744. The Bertz CT molecular complexity index is 134. The van der Waals surface area contributed by atoms with Gasteiger partial charge in [0.25, 0.3) is 5.90 Å². The van der Waals surface area contributed by atoms with Crippen LogP contribution in [0.4, 0.5) is 0 Å². The van der Waals surface area contributed by atoms with E-state index >= 15 is 0 Å². The average molecular weight is 131 g/mol. The highest BCUT2D eigenvalue weighted by Gasteiger charge is 2.26. The van der Waals surface area contributed by atoms with Gasteiger partial charge in [0.15, 0.2) is 6.29 Å². The second-order valence-corrected chi connectivity index (χ2v) is 1.90. The molecule has 4 heteroatoms. The van der Waals surface area contributed by atoms with Crippen LogP contribution in [0.1, 0.15) is 13.8 Å². The van der Waals surface area contributed by atoms with Crippen LogP contribution in [0.5, 0.6) is 0 Å². The number of oxime groups is 1. The molecule has 1 saturated heterocycles. The highest BCUT2D eigenvalue weighted by atomic mass is 16.7. The van der Waals surface area contributed by atoms with Crippen LogP contribution in [0, 0.1) is 0 Å². The second-order valence-electron chi connectivity index (χ2n) is 1.90. The van der Waals surface area contributed by atoms with Gasteiger partial charge < -0.3 is 14.7 Å². The Kier molecular flexibility index (Phi) is 1.57. The first-order valence-corrected chi connectivity index (χ1v) is 2.78. The van der Waals surface area contributed by atoms with Crippen molar-refractivity contribution in [1.82, 2.24) is 0 Å². The third-order valence-electron chi connectivity index (χ3n) is 1.13. The van der Waals surface area contributed by atoms with E-state index in [1.807, 2.05) is 0 Å². The standard InChI is InChI=1S/C5H9NO3/c1-3-5(6-7)9-4(2)8-3/h3-4,7H,1-2H3. The predicted molar refractivity (Wildman–Crippen MR) is 30.3 cm³/mol. The van der Waals surface area contributed by atoms with E-state index in [1.165, 1.54) is 0 Å². The van der Waals surface area contributed by atoms with Gasteiger partial charge >= 0.3 is 0 Å². The van der Waals surface area contributed by atoms with Gasteiger partial charge in [-0.1, -0.05) is 5.16 Å². The maximum Gasteiger partial charge on any atom is 0.257 e. The molecule has 0 amide bonds. The van der Waals surface area contributed by atoms with Gasteiger partial charge in [-0.25, -0.2) is 0 Å². The van der Waals surface area contributed by atoms with Crippen LogP contribution in [0.2, 0.25) is 0 Å². The number of hydrogen-bond donors (Lipinski definition) is 1. The van der Waals surface area contributed by atoms with E-state index in [9.17, 15) is 0 Å². The SMILES string of the molecule is CC1OC(=NO)C(C)O1.